The number of aliphatic carboxylic acids is 1. The zero-order valence-corrected chi connectivity index (χ0v) is 17.6. The number of benzene rings is 2. The van der Waals surface area contributed by atoms with Crippen molar-refractivity contribution < 1.29 is 29.3 Å². The van der Waals surface area contributed by atoms with Crippen LogP contribution in [0, 0.1) is 0 Å². The number of thioether (sulfide) groups is 1. The fraction of sp³-hybridized carbons (Fsp3) is 0.182. The van der Waals surface area contributed by atoms with Crippen molar-refractivity contribution in [3.63, 3.8) is 0 Å². The lowest BCUT2D eigenvalue weighted by molar-refractivity contribution is -0.145. The summed E-state index contributed by atoms with van der Waals surface area (Å²) in [6, 6.07) is 12.9. The minimum atomic E-state index is -1.06. The molecule has 9 heteroatoms. The van der Waals surface area contributed by atoms with Crippen LogP contribution in [0.1, 0.15) is 29.3 Å². The average molecular weight is 440 g/mol. The third kappa shape index (κ3) is 5.13. The number of aliphatic imine (C=N–C) groups is 1. The molecule has 1 fully saturated rings. The maximum absolute atomic E-state index is 12.7. The largest absolute Gasteiger partial charge is 0.479 e. The summed E-state index contributed by atoms with van der Waals surface area (Å²) in [6.45, 7) is 1.72. The van der Waals surface area contributed by atoms with Crippen LogP contribution in [0.15, 0.2) is 58.4 Å². The van der Waals surface area contributed by atoms with Gasteiger partial charge in [0.1, 0.15) is 5.75 Å². The third-order valence-electron chi connectivity index (χ3n) is 4.46. The van der Waals surface area contributed by atoms with Crippen molar-refractivity contribution in [2.24, 2.45) is 4.99 Å². The molecule has 0 spiro atoms. The molecule has 2 aromatic carbocycles. The molecule has 160 valence electrons. The van der Waals surface area contributed by atoms with Gasteiger partial charge in [0.05, 0.1) is 16.2 Å². The topological polar surface area (TPSA) is 117 Å². The Morgan fingerprint density at radius 3 is 2.45 bits per heavy atom. The van der Waals surface area contributed by atoms with E-state index in [2.05, 4.69) is 4.99 Å². The summed E-state index contributed by atoms with van der Waals surface area (Å²) in [5, 5.41) is 18.7. The van der Waals surface area contributed by atoms with Gasteiger partial charge in [-0.2, -0.15) is 0 Å². The summed E-state index contributed by atoms with van der Waals surface area (Å²) in [5.74, 6) is -1.97. The molecule has 1 aliphatic heterocycles. The van der Waals surface area contributed by atoms with Crippen molar-refractivity contribution in [3.8, 4) is 5.75 Å². The smallest absolute Gasteiger partial charge is 0.344 e. The summed E-state index contributed by atoms with van der Waals surface area (Å²) in [7, 11) is 1.60. The van der Waals surface area contributed by atoms with Crippen LogP contribution in [-0.4, -0.2) is 51.3 Å². The Hall–Kier alpha value is -3.59. The predicted octanol–water partition coefficient (Wildman–Crippen LogP) is 3.86. The quantitative estimate of drug-likeness (QED) is 0.628. The predicted molar refractivity (Wildman–Crippen MR) is 118 cm³/mol. The number of hydrogen-bond donors (Lipinski definition) is 2. The normalized spacial score (nSPS) is 17.2. The summed E-state index contributed by atoms with van der Waals surface area (Å²) in [5.41, 5.74) is 1.25. The minimum Gasteiger partial charge on any atom is -0.479 e. The van der Waals surface area contributed by atoms with Gasteiger partial charge in [-0.3, -0.25) is 9.69 Å². The lowest BCUT2D eigenvalue weighted by Gasteiger charge is -2.15. The number of nitrogens with zero attached hydrogens (tertiary/aromatic N) is 2. The fourth-order valence-electron chi connectivity index (χ4n) is 2.75. The Morgan fingerprint density at radius 1 is 1.16 bits per heavy atom. The van der Waals surface area contributed by atoms with Gasteiger partial charge in [0.15, 0.2) is 11.3 Å². The number of amides is 1. The number of carbonyl (C=O) groups is 3. The van der Waals surface area contributed by atoms with Crippen molar-refractivity contribution in [1.29, 1.82) is 0 Å². The highest BCUT2D eigenvalue weighted by Crippen LogP contribution is 2.35. The first-order chi connectivity index (χ1) is 14.8. The number of ether oxygens (including phenoxy) is 1. The molecule has 1 unspecified atom stereocenters. The SMILES string of the molecule is CCC(Oc1ccccc1/C=C1\SC(=Nc2ccc(C(=O)O)cc2)N(C)C1=O)C(=O)O. The Labute approximate surface area is 182 Å². The van der Waals surface area contributed by atoms with Crippen LogP contribution < -0.4 is 4.74 Å². The van der Waals surface area contributed by atoms with Crippen LogP contribution in [0.5, 0.6) is 5.75 Å². The molecule has 31 heavy (non-hydrogen) atoms. The van der Waals surface area contributed by atoms with Gasteiger partial charge >= 0.3 is 11.9 Å². The fourth-order valence-corrected chi connectivity index (χ4v) is 3.73. The first-order valence-corrected chi connectivity index (χ1v) is 10.2. The van der Waals surface area contributed by atoms with E-state index in [1.54, 1.807) is 56.4 Å². The van der Waals surface area contributed by atoms with Crippen LogP contribution in [-0.2, 0) is 9.59 Å². The molecule has 1 amide bonds. The molecule has 1 heterocycles. The molecule has 0 radical (unpaired) electrons. The number of likely N-dealkylation sites (N-methyl/N-ethyl adjacent to an activating group) is 1. The Kier molecular flexibility index (Phi) is 6.76. The van der Waals surface area contributed by atoms with Gasteiger partial charge in [-0.05, 0) is 54.6 Å². The number of hydrogen-bond acceptors (Lipinski definition) is 6. The van der Waals surface area contributed by atoms with E-state index in [1.807, 2.05) is 0 Å². The zero-order chi connectivity index (χ0) is 22.5. The molecule has 1 aliphatic rings. The van der Waals surface area contributed by atoms with Crippen molar-refractivity contribution in [3.05, 3.63) is 64.6 Å². The molecule has 3 rings (SSSR count). The first-order valence-electron chi connectivity index (χ1n) is 9.38. The Bertz CT molecular complexity index is 1080. The number of carboxylic acid groups (broad SMARTS) is 2. The summed E-state index contributed by atoms with van der Waals surface area (Å²) in [4.78, 5) is 41.2. The van der Waals surface area contributed by atoms with Gasteiger partial charge in [-0.15, -0.1) is 0 Å². The molecular weight excluding hydrogens is 420 g/mol. The number of rotatable bonds is 7. The maximum atomic E-state index is 12.7. The number of carboxylic acids is 2. The van der Waals surface area contributed by atoms with E-state index in [0.29, 0.717) is 33.5 Å². The maximum Gasteiger partial charge on any atom is 0.344 e. The lowest BCUT2D eigenvalue weighted by atomic mass is 10.1. The van der Waals surface area contributed by atoms with E-state index in [4.69, 9.17) is 9.84 Å². The number of amidine groups is 1. The van der Waals surface area contributed by atoms with Crippen LogP contribution in [0.25, 0.3) is 6.08 Å². The highest BCUT2D eigenvalue weighted by Gasteiger charge is 2.30. The molecule has 0 saturated carbocycles. The zero-order valence-electron chi connectivity index (χ0n) is 16.8. The highest BCUT2D eigenvalue weighted by atomic mass is 32.2. The summed E-state index contributed by atoms with van der Waals surface area (Å²) >= 11 is 1.17. The van der Waals surface area contributed by atoms with Crippen molar-refractivity contribution >= 4 is 46.5 Å². The van der Waals surface area contributed by atoms with Gasteiger partial charge in [0.25, 0.3) is 5.91 Å². The molecule has 1 saturated heterocycles. The van der Waals surface area contributed by atoms with E-state index >= 15 is 0 Å². The van der Waals surface area contributed by atoms with Crippen molar-refractivity contribution in [2.75, 3.05) is 7.05 Å². The number of carbonyl (C=O) groups excluding carboxylic acids is 1. The third-order valence-corrected chi connectivity index (χ3v) is 5.52. The van der Waals surface area contributed by atoms with Gasteiger partial charge in [0, 0.05) is 12.6 Å². The van der Waals surface area contributed by atoms with Gasteiger partial charge in [0.2, 0.25) is 0 Å². The van der Waals surface area contributed by atoms with E-state index < -0.39 is 18.0 Å². The average Bonchev–Trinajstić information content (AvgIpc) is 3.01. The monoisotopic (exact) mass is 440 g/mol. The molecule has 8 nitrogen and oxygen atoms in total. The van der Waals surface area contributed by atoms with Crippen molar-refractivity contribution in [2.45, 2.75) is 19.4 Å². The van der Waals surface area contributed by atoms with Crippen molar-refractivity contribution in [1.82, 2.24) is 4.90 Å². The highest BCUT2D eigenvalue weighted by molar-refractivity contribution is 8.18. The van der Waals surface area contributed by atoms with Crippen LogP contribution in [0.2, 0.25) is 0 Å². The second-order valence-electron chi connectivity index (χ2n) is 6.61. The van der Waals surface area contributed by atoms with Gasteiger partial charge in [-0.25, -0.2) is 14.6 Å². The standard InChI is InChI=1S/C22H20N2O6S/c1-3-16(21(28)29)30-17-7-5-4-6-14(17)12-18-19(25)24(2)22(31-18)23-15-10-8-13(9-11-15)20(26)27/h4-12,16H,3H2,1-2H3,(H,26,27)(H,28,29)/b18-12-,23-22?. The van der Waals surface area contributed by atoms with Crippen LogP contribution >= 0.6 is 11.8 Å². The Balaban J connectivity index is 1.87. The minimum absolute atomic E-state index is 0.149. The molecule has 0 aliphatic carbocycles. The van der Waals surface area contributed by atoms with E-state index in [9.17, 15) is 19.5 Å². The molecule has 2 N–H and O–H groups in total. The van der Waals surface area contributed by atoms with Gasteiger partial charge in [-0.1, -0.05) is 25.1 Å². The van der Waals surface area contributed by atoms with Crippen LogP contribution in [0.3, 0.4) is 0 Å². The number of para-hydroxylation sites is 1. The molecular formula is C22H20N2O6S. The van der Waals surface area contributed by atoms with E-state index in [0.717, 1.165) is 0 Å². The summed E-state index contributed by atoms with van der Waals surface area (Å²) < 4.78 is 5.63. The van der Waals surface area contributed by atoms with Gasteiger partial charge < -0.3 is 14.9 Å². The summed E-state index contributed by atoms with van der Waals surface area (Å²) in [6.07, 6.45) is 0.956. The molecule has 0 bridgehead atoms. The van der Waals surface area contributed by atoms with Crippen LogP contribution in [0.4, 0.5) is 5.69 Å². The lowest BCUT2D eigenvalue weighted by Crippen LogP contribution is -2.26. The molecule has 2 aromatic rings. The van der Waals surface area contributed by atoms with E-state index in [-0.39, 0.29) is 11.5 Å². The Morgan fingerprint density at radius 2 is 1.84 bits per heavy atom. The number of aromatic carboxylic acids is 1. The van der Waals surface area contributed by atoms with E-state index in [1.165, 1.54) is 28.8 Å². The molecule has 1 atom stereocenters. The first kappa shape index (κ1) is 22.1. The second-order valence-corrected chi connectivity index (χ2v) is 7.62. The second kappa shape index (κ2) is 9.48. The molecule has 0 aromatic heterocycles.